The molecule has 0 unspecified atom stereocenters. The number of aromatic nitrogens is 2. The van der Waals surface area contributed by atoms with E-state index in [1.165, 1.54) is 24.5 Å². The second-order valence-electron chi connectivity index (χ2n) is 9.56. The number of fused-ring (bicyclic) bond motifs is 1. The second kappa shape index (κ2) is 11.4. The monoisotopic (exact) mass is 515 g/mol. The van der Waals surface area contributed by atoms with Gasteiger partial charge in [-0.2, -0.15) is 0 Å². The minimum absolute atomic E-state index is 0.240. The van der Waals surface area contributed by atoms with Gasteiger partial charge in [-0.05, 0) is 76.5 Å². The first-order valence-corrected chi connectivity index (χ1v) is 12.0. The van der Waals surface area contributed by atoms with Crippen molar-refractivity contribution in [3.8, 4) is 11.5 Å². The second-order valence-corrected chi connectivity index (χ2v) is 9.56. The van der Waals surface area contributed by atoms with Gasteiger partial charge in [0.15, 0.2) is 0 Å². The highest BCUT2D eigenvalue weighted by molar-refractivity contribution is 6.02. The molecule has 0 radical (unpaired) electrons. The molecule has 4 aromatic rings. The van der Waals surface area contributed by atoms with E-state index in [2.05, 4.69) is 20.6 Å². The lowest BCUT2D eigenvalue weighted by molar-refractivity contribution is -0.111. The summed E-state index contributed by atoms with van der Waals surface area (Å²) in [6.07, 6.45) is 4.72. The highest BCUT2D eigenvalue weighted by Crippen LogP contribution is 2.36. The number of hydrogen-bond acceptors (Lipinski definition) is 7. The van der Waals surface area contributed by atoms with Crippen molar-refractivity contribution in [2.24, 2.45) is 0 Å². The Morgan fingerprint density at radius 1 is 1.08 bits per heavy atom. The van der Waals surface area contributed by atoms with Gasteiger partial charge in [0.2, 0.25) is 5.91 Å². The lowest BCUT2D eigenvalue weighted by atomic mass is 9.96. The van der Waals surface area contributed by atoms with Gasteiger partial charge in [-0.3, -0.25) is 4.79 Å². The fourth-order valence-electron chi connectivity index (χ4n) is 3.78. The number of anilines is 3. The molecule has 4 rings (SSSR count). The van der Waals surface area contributed by atoms with Crippen molar-refractivity contribution >= 4 is 34.0 Å². The molecule has 0 aliphatic heterocycles. The Labute approximate surface area is 220 Å². The van der Waals surface area contributed by atoms with Crippen LogP contribution >= 0.6 is 0 Å². The maximum atomic E-state index is 13.6. The number of ether oxygens (including phenoxy) is 1. The van der Waals surface area contributed by atoms with Crippen molar-refractivity contribution in [2.45, 2.75) is 19.4 Å². The van der Waals surface area contributed by atoms with E-state index in [9.17, 15) is 14.3 Å². The van der Waals surface area contributed by atoms with Gasteiger partial charge < -0.3 is 25.4 Å². The van der Waals surface area contributed by atoms with E-state index in [1.54, 1.807) is 68.5 Å². The zero-order valence-electron chi connectivity index (χ0n) is 21.7. The maximum Gasteiger partial charge on any atom is 0.248 e. The first-order chi connectivity index (χ1) is 18.1. The zero-order chi connectivity index (χ0) is 27.3. The Bertz CT molecular complexity index is 1480. The van der Waals surface area contributed by atoms with Crippen LogP contribution in [0.4, 0.5) is 21.6 Å². The number of halogens is 1. The summed E-state index contributed by atoms with van der Waals surface area (Å²) in [5.41, 5.74) is 1.19. The minimum Gasteiger partial charge on any atom is -0.457 e. The van der Waals surface area contributed by atoms with Gasteiger partial charge in [0, 0.05) is 41.0 Å². The highest BCUT2D eigenvalue weighted by Gasteiger charge is 2.22. The summed E-state index contributed by atoms with van der Waals surface area (Å²) in [7, 11) is 3.85. The fourth-order valence-corrected chi connectivity index (χ4v) is 3.78. The number of likely N-dealkylation sites (N-methyl/N-ethyl adjacent to an activating group) is 1. The average molecular weight is 516 g/mol. The third kappa shape index (κ3) is 6.90. The van der Waals surface area contributed by atoms with E-state index in [1.807, 2.05) is 19.0 Å². The van der Waals surface area contributed by atoms with Gasteiger partial charge in [-0.25, -0.2) is 14.4 Å². The van der Waals surface area contributed by atoms with Gasteiger partial charge in [-0.15, -0.1) is 0 Å². The molecule has 8 nitrogen and oxygen atoms in total. The van der Waals surface area contributed by atoms with Crippen LogP contribution in [0.3, 0.4) is 0 Å². The van der Waals surface area contributed by atoms with E-state index in [4.69, 9.17) is 4.74 Å². The molecule has 1 heterocycles. The topological polar surface area (TPSA) is 99.6 Å². The summed E-state index contributed by atoms with van der Waals surface area (Å²) in [5.74, 6) is 0.645. The molecule has 0 bridgehead atoms. The van der Waals surface area contributed by atoms with Crippen LogP contribution < -0.4 is 15.4 Å². The van der Waals surface area contributed by atoms with Gasteiger partial charge in [0.05, 0.1) is 11.1 Å². The van der Waals surface area contributed by atoms with Crippen LogP contribution in [0.5, 0.6) is 11.5 Å². The number of nitrogens with zero attached hydrogens (tertiary/aromatic N) is 3. The molecule has 0 spiro atoms. The molecule has 1 amide bonds. The van der Waals surface area contributed by atoms with Gasteiger partial charge in [0.1, 0.15) is 29.5 Å². The maximum absolute atomic E-state index is 13.6. The van der Waals surface area contributed by atoms with E-state index in [0.29, 0.717) is 51.7 Å². The minimum atomic E-state index is -1.23. The van der Waals surface area contributed by atoms with Crippen molar-refractivity contribution in [1.82, 2.24) is 14.9 Å². The van der Waals surface area contributed by atoms with Crippen LogP contribution in [0.2, 0.25) is 0 Å². The molecule has 9 heteroatoms. The number of benzene rings is 3. The highest BCUT2D eigenvalue weighted by atomic mass is 19.1. The number of amides is 1. The van der Waals surface area contributed by atoms with Crippen molar-refractivity contribution in [3.05, 3.63) is 90.5 Å². The normalized spacial score (nSPS) is 11.8. The summed E-state index contributed by atoms with van der Waals surface area (Å²) in [6.45, 7) is 3.98. The van der Waals surface area contributed by atoms with E-state index in [-0.39, 0.29) is 5.91 Å². The fraction of sp³-hybridized carbons (Fsp3) is 0.207. The number of hydrogen-bond donors (Lipinski definition) is 3. The van der Waals surface area contributed by atoms with Crippen molar-refractivity contribution in [2.75, 3.05) is 31.3 Å². The first-order valence-electron chi connectivity index (χ1n) is 12.0. The lowest BCUT2D eigenvalue weighted by Gasteiger charge is -2.23. The first kappa shape index (κ1) is 26.7. The van der Waals surface area contributed by atoms with Crippen LogP contribution in [0.25, 0.3) is 10.9 Å². The molecule has 38 heavy (non-hydrogen) atoms. The van der Waals surface area contributed by atoms with E-state index in [0.717, 1.165) is 0 Å². The summed E-state index contributed by atoms with van der Waals surface area (Å²) in [4.78, 5) is 23.0. The molecule has 1 aromatic heterocycles. The van der Waals surface area contributed by atoms with E-state index >= 15 is 0 Å². The molecular formula is C29H30FN5O3. The largest absolute Gasteiger partial charge is 0.457 e. The molecule has 0 aliphatic rings. The zero-order valence-corrected chi connectivity index (χ0v) is 21.7. The smallest absolute Gasteiger partial charge is 0.248 e. The van der Waals surface area contributed by atoms with Crippen molar-refractivity contribution < 1.29 is 19.0 Å². The SMILES string of the molecule is CN(C)C/C=C/C(=O)Nc1ccc2ncnc(Nc3ccc(Oc4cccc(F)c4)cc3C(C)(C)O)c2c1. The van der Waals surface area contributed by atoms with Crippen LogP contribution in [-0.2, 0) is 10.4 Å². The van der Waals surface area contributed by atoms with Crippen LogP contribution in [0.15, 0.2) is 79.1 Å². The number of nitrogens with one attached hydrogen (secondary N) is 2. The van der Waals surface area contributed by atoms with Crippen LogP contribution in [0, 0.1) is 5.82 Å². The Hall–Kier alpha value is -4.34. The average Bonchev–Trinajstić information content (AvgIpc) is 2.84. The molecule has 0 aliphatic carbocycles. The van der Waals surface area contributed by atoms with Gasteiger partial charge in [-0.1, -0.05) is 12.1 Å². The molecule has 0 fully saturated rings. The summed E-state index contributed by atoms with van der Waals surface area (Å²) in [5, 5.41) is 17.7. The van der Waals surface area contributed by atoms with Crippen molar-refractivity contribution in [3.63, 3.8) is 0 Å². The Morgan fingerprint density at radius 2 is 1.87 bits per heavy atom. The summed E-state index contributed by atoms with van der Waals surface area (Å²) in [6, 6.07) is 16.4. The van der Waals surface area contributed by atoms with Crippen molar-refractivity contribution in [1.29, 1.82) is 0 Å². The molecule has 3 aromatic carbocycles. The van der Waals surface area contributed by atoms with Crippen LogP contribution in [0.1, 0.15) is 19.4 Å². The summed E-state index contributed by atoms with van der Waals surface area (Å²) < 4.78 is 19.4. The number of carbonyl (C=O) groups excluding carboxylic acids is 1. The predicted molar refractivity (Wildman–Crippen MR) is 147 cm³/mol. The number of carbonyl (C=O) groups is 1. The Balaban J connectivity index is 1.62. The molecular weight excluding hydrogens is 485 g/mol. The number of aliphatic hydroxyl groups is 1. The third-order valence-electron chi connectivity index (χ3n) is 5.58. The molecule has 0 saturated heterocycles. The molecule has 0 atom stereocenters. The van der Waals surface area contributed by atoms with Crippen LogP contribution in [-0.4, -0.2) is 46.5 Å². The standard InChI is InChI=1S/C29H30FN5O3/c1-29(2,37)24-17-22(38-21-8-5-7-19(30)15-21)11-13-26(24)34-28-23-16-20(10-12-25(23)31-18-32-28)33-27(36)9-6-14-35(3)4/h5-13,15-18,37H,14H2,1-4H3,(H,33,36)(H,31,32,34)/b9-6+. The predicted octanol–water partition coefficient (Wildman–Crippen LogP) is 5.59. The quantitative estimate of drug-likeness (QED) is 0.250. The third-order valence-corrected chi connectivity index (χ3v) is 5.58. The molecule has 0 saturated carbocycles. The lowest BCUT2D eigenvalue weighted by Crippen LogP contribution is -2.18. The van der Waals surface area contributed by atoms with Gasteiger partial charge >= 0.3 is 0 Å². The van der Waals surface area contributed by atoms with Gasteiger partial charge in [0.25, 0.3) is 0 Å². The summed E-state index contributed by atoms with van der Waals surface area (Å²) >= 11 is 0. The number of rotatable bonds is 9. The molecule has 3 N–H and O–H groups in total. The Morgan fingerprint density at radius 3 is 2.61 bits per heavy atom. The Kier molecular flexibility index (Phi) is 7.99. The molecule has 196 valence electrons. The van der Waals surface area contributed by atoms with E-state index < -0.39 is 11.4 Å².